The molecule has 1 aromatic heterocycles. The molecule has 0 aliphatic heterocycles. The number of nitrogens with one attached hydrogen (secondary N) is 3. The summed E-state index contributed by atoms with van der Waals surface area (Å²) in [6, 6.07) is 36.6. The van der Waals surface area contributed by atoms with Crippen molar-refractivity contribution in [3.8, 4) is 6.07 Å². The van der Waals surface area contributed by atoms with Crippen LogP contribution in [0.1, 0.15) is 75.2 Å². The molecule has 0 fully saturated rings. The smallest absolute Gasteiger partial charge is 0.272 e. The zero-order chi connectivity index (χ0) is 35.7. The Labute approximate surface area is 306 Å². The van der Waals surface area contributed by atoms with E-state index in [0.29, 0.717) is 33.7 Å². The topological polar surface area (TPSA) is 111 Å². The molecule has 0 spiro atoms. The first-order chi connectivity index (χ1) is 24.8. The van der Waals surface area contributed by atoms with E-state index in [4.69, 9.17) is 0 Å². The number of thioether (sulfide) groups is 1. The highest BCUT2D eigenvalue weighted by Crippen LogP contribution is 2.42. The molecule has 0 saturated carbocycles. The highest BCUT2D eigenvalue weighted by Gasteiger charge is 2.27. The van der Waals surface area contributed by atoms with E-state index in [1.54, 1.807) is 48.5 Å². The monoisotopic (exact) mass is 710 g/mol. The van der Waals surface area contributed by atoms with E-state index in [9.17, 15) is 19.6 Å². The van der Waals surface area contributed by atoms with Crippen molar-refractivity contribution >= 4 is 57.6 Å². The van der Waals surface area contributed by atoms with Gasteiger partial charge in [-0.05, 0) is 89.8 Å². The van der Waals surface area contributed by atoms with Gasteiger partial charge >= 0.3 is 0 Å². The molecule has 0 bridgehead atoms. The summed E-state index contributed by atoms with van der Waals surface area (Å²) in [6.45, 7) is 4.23. The fraction of sp³-hybridized carbons (Fsp3) is 0.190. The number of rotatable bonds is 11. The molecule has 5 aromatic rings. The summed E-state index contributed by atoms with van der Waals surface area (Å²) >= 11 is 2.84. The lowest BCUT2D eigenvalue weighted by molar-refractivity contribution is -0.114. The van der Waals surface area contributed by atoms with Crippen molar-refractivity contribution in [1.82, 2.24) is 5.32 Å². The molecular weight excluding hydrogens is 673 g/mol. The van der Waals surface area contributed by atoms with Gasteiger partial charge in [0.2, 0.25) is 5.91 Å². The van der Waals surface area contributed by atoms with Gasteiger partial charge in [-0.1, -0.05) is 92.7 Å². The van der Waals surface area contributed by atoms with E-state index < -0.39 is 11.8 Å². The number of carbonyl (C=O) groups is 3. The van der Waals surface area contributed by atoms with Crippen molar-refractivity contribution in [2.75, 3.05) is 16.4 Å². The number of carbonyl (C=O) groups excluding carboxylic acids is 3. The van der Waals surface area contributed by atoms with Gasteiger partial charge in [-0.2, -0.15) is 5.26 Å². The second-order valence-electron chi connectivity index (χ2n) is 12.7. The molecule has 256 valence electrons. The third kappa shape index (κ3) is 9.03. The number of hydrogen-bond acceptors (Lipinski definition) is 6. The summed E-state index contributed by atoms with van der Waals surface area (Å²) in [5.41, 5.74) is 5.93. The first-order valence-electron chi connectivity index (χ1n) is 16.9. The van der Waals surface area contributed by atoms with Crippen LogP contribution in [0.25, 0.3) is 6.08 Å². The second kappa shape index (κ2) is 16.5. The number of hydrogen-bond donors (Lipinski definition) is 3. The van der Waals surface area contributed by atoms with Crippen LogP contribution in [0.2, 0.25) is 0 Å². The average Bonchev–Trinajstić information content (AvgIpc) is 3.50. The van der Waals surface area contributed by atoms with E-state index in [1.165, 1.54) is 39.1 Å². The molecule has 0 saturated heterocycles. The molecule has 3 N–H and O–H groups in total. The minimum atomic E-state index is -0.479. The summed E-state index contributed by atoms with van der Waals surface area (Å²) in [4.78, 5) is 41.7. The zero-order valence-corrected chi connectivity index (χ0v) is 30.1. The third-order valence-electron chi connectivity index (χ3n) is 8.81. The lowest BCUT2D eigenvalue weighted by Gasteiger charge is -2.22. The van der Waals surface area contributed by atoms with Gasteiger partial charge < -0.3 is 16.0 Å². The Bertz CT molecular complexity index is 2100. The Balaban J connectivity index is 1.11. The number of nitriles is 1. The van der Waals surface area contributed by atoms with Crippen molar-refractivity contribution in [2.45, 2.75) is 49.8 Å². The molecule has 51 heavy (non-hydrogen) atoms. The minimum Gasteiger partial charge on any atom is -0.321 e. The molecule has 1 aliphatic rings. The Morgan fingerprint density at radius 3 is 2.35 bits per heavy atom. The fourth-order valence-corrected chi connectivity index (χ4v) is 8.11. The maximum Gasteiger partial charge on any atom is 0.272 e. The van der Waals surface area contributed by atoms with E-state index in [0.717, 1.165) is 35.3 Å². The number of thiophene rings is 1. The molecule has 0 radical (unpaired) electrons. The molecule has 6 rings (SSSR count). The summed E-state index contributed by atoms with van der Waals surface area (Å²) < 4.78 is 0. The predicted molar refractivity (Wildman–Crippen MR) is 207 cm³/mol. The first kappa shape index (κ1) is 35.4. The number of amides is 3. The maximum atomic E-state index is 13.6. The lowest BCUT2D eigenvalue weighted by Crippen LogP contribution is -2.30. The van der Waals surface area contributed by atoms with Crippen LogP contribution >= 0.6 is 23.1 Å². The SMILES string of the molecule is CC(C)c1ccc(/C=C(/NC(=O)c2ccccc2)C(=O)Nc2cccc(SCC(=O)Nc3sc4c(c3C#N)CCC(c3ccccc3)C4)c2)cc1. The molecule has 4 aromatic carbocycles. The second-order valence-corrected chi connectivity index (χ2v) is 14.8. The van der Waals surface area contributed by atoms with Crippen LogP contribution in [-0.2, 0) is 22.4 Å². The van der Waals surface area contributed by atoms with Crippen LogP contribution < -0.4 is 16.0 Å². The van der Waals surface area contributed by atoms with E-state index in [1.807, 2.05) is 42.5 Å². The van der Waals surface area contributed by atoms with Gasteiger partial charge in [-0.3, -0.25) is 14.4 Å². The quantitative estimate of drug-likeness (QED) is 0.0936. The van der Waals surface area contributed by atoms with E-state index in [-0.39, 0.29) is 17.4 Å². The van der Waals surface area contributed by atoms with Gasteiger partial charge in [0, 0.05) is 21.0 Å². The maximum absolute atomic E-state index is 13.6. The van der Waals surface area contributed by atoms with Crippen LogP contribution in [-0.4, -0.2) is 23.5 Å². The molecule has 1 aliphatic carbocycles. The van der Waals surface area contributed by atoms with Crippen LogP contribution in [0.3, 0.4) is 0 Å². The van der Waals surface area contributed by atoms with Crippen LogP contribution in [0, 0.1) is 11.3 Å². The lowest BCUT2D eigenvalue weighted by atomic mass is 9.83. The molecule has 3 amide bonds. The van der Waals surface area contributed by atoms with Crippen molar-refractivity contribution < 1.29 is 14.4 Å². The molecule has 9 heteroatoms. The van der Waals surface area contributed by atoms with Crippen LogP contribution in [0.15, 0.2) is 120 Å². The Morgan fingerprint density at radius 1 is 0.922 bits per heavy atom. The first-order valence-corrected chi connectivity index (χ1v) is 18.7. The van der Waals surface area contributed by atoms with Crippen molar-refractivity contribution in [2.24, 2.45) is 0 Å². The Morgan fingerprint density at radius 2 is 1.65 bits per heavy atom. The van der Waals surface area contributed by atoms with Gasteiger partial charge in [0.25, 0.3) is 11.8 Å². The molecule has 1 heterocycles. The minimum absolute atomic E-state index is 0.0978. The average molecular weight is 711 g/mol. The standard InChI is InChI=1S/C42H38N4O3S2/c1-27(2)29-18-16-28(17-19-29)22-37(45-40(48)31-12-7-4-8-13-31)41(49)44-33-14-9-15-34(24-33)50-26-39(47)46-42-36(25-43)35-21-20-32(23-38(35)51-42)30-10-5-3-6-11-30/h3-19,22,24,27,32H,20-21,23,26H2,1-2H3,(H,44,49)(H,45,48)(H,46,47)/b37-22+. The highest BCUT2D eigenvalue weighted by molar-refractivity contribution is 8.00. The zero-order valence-electron chi connectivity index (χ0n) is 28.4. The summed E-state index contributed by atoms with van der Waals surface area (Å²) in [7, 11) is 0. The number of benzene rings is 4. The van der Waals surface area contributed by atoms with Gasteiger partial charge in [0.1, 0.15) is 16.8 Å². The number of anilines is 2. The van der Waals surface area contributed by atoms with E-state index >= 15 is 0 Å². The summed E-state index contributed by atoms with van der Waals surface area (Å²) in [5, 5.41) is 19.3. The van der Waals surface area contributed by atoms with Gasteiger partial charge in [-0.25, -0.2) is 0 Å². The Kier molecular flexibility index (Phi) is 11.5. The van der Waals surface area contributed by atoms with Crippen LogP contribution in [0.4, 0.5) is 10.7 Å². The number of fused-ring (bicyclic) bond motifs is 1. The van der Waals surface area contributed by atoms with Crippen molar-refractivity contribution in [1.29, 1.82) is 5.26 Å². The molecule has 7 nitrogen and oxygen atoms in total. The molecule has 1 unspecified atom stereocenters. The Hall–Kier alpha value is -5.43. The van der Waals surface area contributed by atoms with Gasteiger partial charge in [0.15, 0.2) is 0 Å². The van der Waals surface area contributed by atoms with Gasteiger partial charge in [0.05, 0.1) is 11.3 Å². The van der Waals surface area contributed by atoms with Crippen molar-refractivity contribution in [3.63, 3.8) is 0 Å². The highest BCUT2D eigenvalue weighted by atomic mass is 32.2. The normalized spacial score (nSPS) is 13.9. The van der Waals surface area contributed by atoms with E-state index in [2.05, 4.69) is 60.1 Å². The molecule has 1 atom stereocenters. The fourth-order valence-electron chi connectivity index (χ4n) is 6.06. The van der Waals surface area contributed by atoms with Crippen molar-refractivity contribution in [3.05, 3.63) is 153 Å². The largest absolute Gasteiger partial charge is 0.321 e. The van der Waals surface area contributed by atoms with Gasteiger partial charge in [-0.15, -0.1) is 23.1 Å². The third-order valence-corrected chi connectivity index (χ3v) is 11.0. The number of nitrogens with zero attached hydrogens (tertiary/aromatic N) is 1. The summed E-state index contributed by atoms with van der Waals surface area (Å²) in [6.07, 6.45) is 4.30. The summed E-state index contributed by atoms with van der Waals surface area (Å²) in [5.74, 6) is -0.188. The predicted octanol–water partition coefficient (Wildman–Crippen LogP) is 9.16. The van der Waals surface area contributed by atoms with Crippen LogP contribution in [0.5, 0.6) is 0 Å². The molecular formula is C42H38N4O3S2.